The summed E-state index contributed by atoms with van der Waals surface area (Å²) in [6.45, 7) is 21.2. The van der Waals surface area contributed by atoms with Crippen LogP contribution in [0.25, 0.3) is 0 Å². The van der Waals surface area contributed by atoms with E-state index in [9.17, 15) is 4.79 Å². The summed E-state index contributed by atoms with van der Waals surface area (Å²) in [4.78, 5) is 12.6. The van der Waals surface area contributed by atoms with Gasteiger partial charge in [0.2, 0.25) is 0 Å². The van der Waals surface area contributed by atoms with Gasteiger partial charge in [0.15, 0.2) is 0 Å². The molecule has 0 bridgehead atoms. The van der Waals surface area contributed by atoms with E-state index in [4.69, 9.17) is 9.47 Å². The Bertz CT molecular complexity index is 362. The quantitative estimate of drug-likeness (QED) is 0.501. The highest BCUT2D eigenvalue weighted by Gasteiger charge is 2.49. The third-order valence-electron chi connectivity index (χ3n) is 5.26. The van der Waals surface area contributed by atoms with Crippen molar-refractivity contribution in [1.29, 1.82) is 0 Å². The Balaban J connectivity index is 5.24. The molecule has 0 aromatic heterocycles. The van der Waals surface area contributed by atoms with E-state index in [-0.39, 0.29) is 11.4 Å². The van der Waals surface area contributed by atoms with Crippen LogP contribution in [-0.2, 0) is 14.3 Å². The lowest BCUT2D eigenvalue weighted by molar-refractivity contribution is -0.192. The van der Waals surface area contributed by atoms with Gasteiger partial charge in [0.05, 0.1) is 6.26 Å². The monoisotopic (exact) mass is 284 g/mol. The Kier molecular flexibility index (Phi) is 5.50. The van der Waals surface area contributed by atoms with Crippen molar-refractivity contribution in [2.24, 2.45) is 10.8 Å². The highest BCUT2D eigenvalue weighted by atomic mass is 16.6. The molecule has 3 heteroatoms. The maximum Gasteiger partial charge on any atom is 0.316 e. The van der Waals surface area contributed by atoms with Crippen LogP contribution in [0.3, 0.4) is 0 Å². The van der Waals surface area contributed by atoms with Gasteiger partial charge in [-0.15, -0.1) is 0 Å². The maximum atomic E-state index is 12.6. The second-order valence-corrected chi connectivity index (χ2v) is 7.56. The second kappa shape index (κ2) is 5.79. The first-order valence-electron chi connectivity index (χ1n) is 7.27. The van der Waals surface area contributed by atoms with Crippen molar-refractivity contribution in [2.75, 3.05) is 0 Å². The normalized spacial score (nSPS) is 13.8. The minimum absolute atomic E-state index is 0.0951. The lowest BCUT2D eigenvalue weighted by Crippen LogP contribution is -2.52. The SMILES string of the molecule is C=COC(C)(C)C(C)(C)C(=O)OC(C)(C)C(C)(C)CC. The standard InChI is InChI=1S/C17H32O3/c1-11-14(3,4)16(7,8)20-13(18)15(5,6)17(9,10)19-12-2/h12H,2,11H2,1,3-10H3. The smallest absolute Gasteiger partial charge is 0.316 e. The molecule has 0 radical (unpaired) electrons. The first-order chi connectivity index (χ1) is 8.75. The molecule has 118 valence electrons. The Morgan fingerprint density at radius 1 is 1.00 bits per heavy atom. The van der Waals surface area contributed by atoms with Gasteiger partial charge in [-0.05, 0) is 48.0 Å². The van der Waals surface area contributed by atoms with E-state index in [1.165, 1.54) is 6.26 Å². The Labute approximate surface area is 124 Å². The van der Waals surface area contributed by atoms with Crippen LogP contribution in [0.4, 0.5) is 0 Å². The summed E-state index contributed by atoms with van der Waals surface area (Å²) in [5.74, 6) is -0.254. The molecule has 0 fully saturated rings. The Hall–Kier alpha value is -0.990. The zero-order valence-corrected chi connectivity index (χ0v) is 14.7. The van der Waals surface area contributed by atoms with Gasteiger partial charge in [0.25, 0.3) is 0 Å². The third-order valence-corrected chi connectivity index (χ3v) is 5.26. The van der Waals surface area contributed by atoms with Crippen molar-refractivity contribution in [3.63, 3.8) is 0 Å². The van der Waals surface area contributed by atoms with Crippen molar-refractivity contribution in [2.45, 2.75) is 79.9 Å². The number of hydrogen-bond donors (Lipinski definition) is 0. The van der Waals surface area contributed by atoms with Gasteiger partial charge < -0.3 is 9.47 Å². The van der Waals surface area contributed by atoms with Crippen LogP contribution in [0.2, 0.25) is 0 Å². The molecule has 0 unspecified atom stereocenters. The van der Waals surface area contributed by atoms with Crippen molar-refractivity contribution in [3.05, 3.63) is 12.8 Å². The van der Waals surface area contributed by atoms with Crippen LogP contribution in [0.5, 0.6) is 0 Å². The van der Waals surface area contributed by atoms with Crippen LogP contribution in [-0.4, -0.2) is 17.2 Å². The maximum absolute atomic E-state index is 12.6. The molecule has 0 aliphatic rings. The van der Waals surface area contributed by atoms with Crippen LogP contribution in [0.1, 0.15) is 68.7 Å². The first-order valence-corrected chi connectivity index (χ1v) is 7.27. The van der Waals surface area contributed by atoms with Gasteiger partial charge in [-0.1, -0.05) is 27.4 Å². The van der Waals surface area contributed by atoms with Crippen LogP contribution in [0, 0.1) is 10.8 Å². The molecule has 0 N–H and O–H groups in total. The van der Waals surface area contributed by atoms with E-state index in [0.717, 1.165) is 6.42 Å². The largest absolute Gasteiger partial charge is 0.495 e. The molecule has 0 rings (SSSR count). The topological polar surface area (TPSA) is 35.5 Å². The zero-order valence-electron chi connectivity index (χ0n) is 14.7. The van der Waals surface area contributed by atoms with E-state index >= 15 is 0 Å². The van der Waals surface area contributed by atoms with Gasteiger partial charge in [-0.3, -0.25) is 4.79 Å². The number of esters is 1. The fourth-order valence-electron chi connectivity index (χ4n) is 1.52. The minimum Gasteiger partial charge on any atom is -0.495 e. The average Bonchev–Trinajstić information content (AvgIpc) is 2.27. The average molecular weight is 284 g/mol. The molecular weight excluding hydrogens is 252 g/mol. The van der Waals surface area contributed by atoms with Crippen molar-refractivity contribution in [1.82, 2.24) is 0 Å². The molecule has 0 saturated heterocycles. The van der Waals surface area contributed by atoms with E-state index in [0.29, 0.717) is 0 Å². The lowest BCUT2D eigenvalue weighted by Gasteiger charge is -2.45. The van der Waals surface area contributed by atoms with E-state index in [2.05, 4.69) is 27.4 Å². The first kappa shape index (κ1) is 19.0. The summed E-state index contributed by atoms with van der Waals surface area (Å²) in [5, 5.41) is 0. The second-order valence-electron chi connectivity index (χ2n) is 7.56. The summed E-state index contributed by atoms with van der Waals surface area (Å²) in [6.07, 6.45) is 2.30. The van der Waals surface area contributed by atoms with Crippen molar-refractivity contribution in [3.8, 4) is 0 Å². The summed E-state index contributed by atoms with van der Waals surface area (Å²) in [5.41, 5.74) is -2.09. The van der Waals surface area contributed by atoms with E-state index in [1.807, 2.05) is 41.5 Å². The minimum atomic E-state index is -0.776. The fraction of sp³-hybridized carbons (Fsp3) is 0.824. The number of ether oxygens (including phenoxy) is 2. The number of hydrogen-bond acceptors (Lipinski definition) is 3. The molecule has 0 saturated carbocycles. The molecule has 0 aromatic carbocycles. The van der Waals surface area contributed by atoms with Crippen LogP contribution >= 0.6 is 0 Å². The molecule has 0 aliphatic carbocycles. The lowest BCUT2D eigenvalue weighted by atomic mass is 9.73. The number of carbonyl (C=O) groups excluding carboxylic acids is 1. The highest BCUT2D eigenvalue weighted by molar-refractivity contribution is 5.78. The molecular formula is C17H32O3. The van der Waals surface area contributed by atoms with Crippen LogP contribution in [0.15, 0.2) is 12.8 Å². The summed E-state index contributed by atoms with van der Waals surface area (Å²) >= 11 is 0. The third kappa shape index (κ3) is 3.56. The predicted molar refractivity (Wildman–Crippen MR) is 83.4 cm³/mol. The summed E-state index contributed by atoms with van der Waals surface area (Å²) < 4.78 is 11.3. The fourth-order valence-corrected chi connectivity index (χ4v) is 1.52. The molecule has 0 heterocycles. The summed E-state index contributed by atoms with van der Waals surface area (Å²) in [7, 11) is 0. The van der Waals surface area contributed by atoms with Gasteiger partial charge in [-0.2, -0.15) is 0 Å². The van der Waals surface area contributed by atoms with Gasteiger partial charge >= 0.3 is 5.97 Å². The zero-order chi connectivity index (χ0) is 16.4. The van der Waals surface area contributed by atoms with Crippen LogP contribution < -0.4 is 0 Å². The number of carbonyl (C=O) groups is 1. The number of rotatable bonds is 7. The molecule has 0 amide bonds. The highest BCUT2D eigenvalue weighted by Crippen LogP contribution is 2.41. The molecule has 3 nitrogen and oxygen atoms in total. The molecule has 0 aromatic rings. The van der Waals surface area contributed by atoms with Gasteiger partial charge in [-0.25, -0.2) is 0 Å². The van der Waals surface area contributed by atoms with Gasteiger partial charge in [0, 0.05) is 5.41 Å². The molecule has 0 spiro atoms. The van der Waals surface area contributed by atoms with E-state index < -0.39 is 16.6 Å². The molecule has 0 aliphatic heterocycles. The van der Waals surface area contributed by atoms with E-state index in [1.54, 1.807) is 0 Å². The molecule has 0 atom stereocenters. The predicted octanol–water partition coefficient (Wildman–Crippen LogP) is 4.71. The Morgan fingerprint density at radius 2 is 1.45 bits per heavy atom. The van der Waals surface area contributed by atoms with Gasteiger partial charge in [0.1, 0.15) is 16.6 Å². The summed E-state index contributed by atoms with van der Waals surface area (Å²) in [6, 6.07) is 0. The molecule has 20 heavy (non-hydrogen) atoms. The Morgan fingerprint density at radius 3 is 1.80 bits per heavy atom. The van der Waals surface area contributed by atoms with Crippen molar-refractivity contribution >= 4 is 5.97 Å². The van der Waals surface area contributed by atoms with Crippen molar-refractivity contribution < 1.29 is 14.3 Å².